The lowest BCUT2D eigenvalue weighted by Crippen LogP contribution is -2.60. The Morgan fingerprint density at radius 1 is 1.36 bits per heavy atom. The number of carbonyl (C=O) groups excluding carboxylic acids is 1. The zero-order valence-electron chi connectivity index (χ0n) is 13.8. The molecule has 0 aromatic carbocycles. The molecule has 3 fully saturated rings. The summed E-state index contributed by atoms with van der Waals surface area (Å²) in [4.78, 5) is 15.8. The summed E-state index contributed by atoms with van der Waals surface area (Å²) in [6.45, 7) is 5.71. The van der Waals surface area contributed by atoms with E-state index in [9.17, 15) is 4.79 Å². The van der Waals surface area contributed by atoms with Crippen molar-refractivity contribution < 1.29 is 14.3 Å². The maximum absolute atomic E-state index is 11.6. The number of likely N-dealkylation sites (N-methyl/N-ethyl adjacent to an activating group) is 1. The monoisotopic (exact) mass is 328 g/mol. The second-order valence-corrected chi connectivity index (χ2v) is 8.63. The van der Waals surface area contributed by atoms with Crippen molar-refractivity contribution in [1.29, 1.82) is 0 Å². The fourth-order valence-corrected chi connectivity index (χ4v) is 5.25. The lowest BCUT2D eigenvalue weighted by atomic mass is 9.90. The van der Waals surface area contributed by atoms with E-state index >= 15 is 0 Å². The van der Waals surface area contributed by atoms with Crippen molar-refractivity contribution in [3.8, 4) is 0 Å². The van der Waals surface area contributed by atoms with Gasteiger partial charge in [-0.2, -0.15) is 0 Å². The smallest absolute Gasteiger partial charge is 0.248 e. The number of thioether (sulfide) groups is 1. The topological polar surface area (TPSA) is 42.0 Å². The lowest BCUT2D eigenvalue weighted by Gasteiger charge is -2.49. The number of amides is 1. The molecule has 3 saturated heterocycles. The summed E-state index contributed by atoms with van der Waals surface area (Å²) in [6, 6.07) is 0. The zero-order valence-corrected chi connectivity index (χ0v) is 14.6. The normalized spacial score (nSPS) is 28.7. The van der Waals surface area contributed by atoms with Crippen LogP contribution >= 0.6 is 11.8 Å². The Labute approximate surface area is 137 Å². The average Bonchev–Trinajstić information content (AvgIpc) is 2.90. The molecule has 22 heavy (non-hydrogen) atoms. The molecule has 1 atom stereocenters. The molecule has 0 N–H and O–H groups in total. The number of nitrogens with zero attached hydrogens (tertiary/aromatic N) is 2. The van der Waals surface area contributed by atoms with Crippen molar-refractivity contribution in [2.45, 2.75) is 30.1 Å². The van der Waals surface area contributed by atoms with Crippen LogP contribution in [0.4, 0.5) is 0 Å². The van der Waals surface area contributed by atoms with Gasteiger partial charge in [0.25, 0.3) is 0 Å². The molecule has 5 nitrogen and oxygen atoms in total. The van der Waals surface area contributed by atoms with Gasteiger partial charge in [0.15, 0.2) is 0 Å². The second kappa shape index (κ2) is 7.07. The maximum Gasteiger partial charge on any atom is 0.248 e. The molecule has 0 aromatic rings. The van der Waals surface area contributed by atoms with E-state index in [-0.39, 0.29) is 18.6 Å². The number of carbonyl (C=O) groups is 1. The van der Waals surface area contributed by atoms with Gasteiger partial charge in [0.05, 0.1) is 6.10 Å². The molecule has 0 bridgehead atoms. The van der Waals surface area contributed by atoms with Crippen molar-refractivity contribution in [3.05, 3.63) is 0 Å². The van der Waals surface area contributed by atoms with Crippen molar-refractivity contribution in [1.82, 2.24) is 9.80 Å². The highest BCUT2D eigenvalue weighted by atomic mass is 32.2. The SMILES string of the molecule is CN(C)C(=O)CO[C@@H]1CSC2(C1)CN(CC1CCOCC1)C2. The van der Waals surface area contributed by atoms with E-state index in [1.807, 2.05) is 11.8 Å². The largest absolute Gasteiger partial charge is 0.381 e. The molecule has 0 aromatic heterocycles. The average molecular weight is 328 g/mol. The first-order valence-corrected chi connectivity index (χ1v) is 9.31. The summed E-state index contributed by atoms with van der Waals surface area (Å²) in [6.07, 6.45) is 3.78. The van der Waals surface area contributed by atoms with E-state index in [0.717, 1.165) is 31.3 Å². The lowest BCUT2D eigenvalue weighted by molar-refractivity contribution is -0.135. The maximum atomic E-state index is 11.6. The van der Waals surface area contributed by atoms with Crippen LogP contribution in [0.3, 0.4) is 0 Å². The first-order valence-electron chi connectivity index (χ1n) is 8.32. The van der Waals surface area contributed by atoms with E-state index < -0.39 is 0 Å². The highest BCUT2D eigenvalue weighted by Crippen LogP contribution is 2.46. The summed E-state index contributed by atoms with van der Waals surface area (Å²) in [7, 11) is 3.55. The third kappa shape index (κ3) is 3.96. The van der Waals surface area contributed by atoms with Crippen molar-refractivity contribution in [2.75, 3.05) is 59.3 Å². The van der Waals surface area contributed by atoms with Crippen LogP contribution in [0, 0.1) is 5.92 Å². The Morgan fingerprint density at radius 2 is 2.09 bits per heavy atom. The van der Waals surface area contributed by atoms with E-state index in [4.69, 9.17) is 9.47 Å². The highest BCUT2D eigenvalue weighted by Gasteiger charge is 2.49. The van der Waals surface area contributed by atoms with Crippen LogP contribution in [0.1, 0.15) is 19.3 Å². The zero-order chi connectivity index (χ0) is 15.6. The minimum Gasteiger partial charge on any atom is -0.381 e. The molecule has 0 saturated carbocycles. The van der Waals surface area contributed by atoms with E-state index in [2.05, 4.69) is 4.90 Å². The van der Waals surface area contributed by atoms with Gasteiger partial charge in [0.2, 0.25) is 5.91 Å². The number of likely N-dealkylation sites (tertiary alicyclic amines) is 1. The summed E-state index contributed by atoms with van der Waals surface area (Å²) < 4.78 is 11.6. The van der Waals surface area contributed by atoms with Gasteiger partial charge in [0, 0.05) is 57.4 Å². The van der Waals surface area contributed by atoms with Crippen molar-refractivity contribution >= 4 is 17.7 Å². The van der Waals surface area contributed by atoms with Gasteiger partial charge in [0.1, 0.15) is 6.61 Å². The minimum atomic E-state index is 0.0562. The van der Waals surface area contributed by atoms with E-state index in [1.165, 1.54) is 32.5 Å². The van der Waals surface area contributed by atoms with Crippen molar-refractivity contribution in [3.63, 3.8) is 0 Å². The third-order valence-electron chi connectivity index (χ3n) is 5.00. The molecule has 3 aliphatic rings. The Morgan fingerprint density at radius 3 is 2.77 bits per heavy atom. The quantitative estimate of drug-likeness (QED) is 0.755. The summed E-state index contributed by atoms with van der Waals surface area (Å²) in [5, 5.41) is 0. The van der Waals surface area contributed by atoms with Crippen molar-refractivity contribution in [2.24, 2.45) is 5.92 Å². The van der Waals surface area contributed by atoms with Crippen LogP contribution in [0.5, 0.6) is 0 Å². The van der Waals surface area contributed by atoms with Gasteiger partial charge in [-0.3, -0.25) is 4.79 Å². The Kier molecular flexibility index (Phi) is 5.32. The molecular formula is C16H28N2O3S. The molecule has 3 aliphatic heterocycles. The van der Waals surface area contributed by atoms with Crippen LogP contribution in [-0.4, -0.2) is 85.9 Å². The predicted molar refractivity (Wildman–Crippen MR) is 88.2 cm³/mol. The number of ether oxygens (including phenoxy) is 2. The molecule has 126 valence electrons. The van der Waals surface area contributed by atoms with Crippen LogP contribution < -0.4 is 0 Å². The second-order valence-electron chi connectivity index (χ2n) is 7.14. The first-order chi connectivity index (χ1) is 10.6. The molecular weight excluding hydrogens is 300 g/mol. The van der Waals surface area contributed by atoms with E-state index in [1.54, 1.807) is 19.0 Å². The summed E-state index contributed by atoms with van der Waals surface area (Å²) >= 11 is 2.05. The van der Waals surface area contributed by atoms with Gasteiger partial charge >= 0.3 is 0 Å². The van der Waals surface area contributed by atoms with Gasteiger partial charge in [-0.15, -0.1) is 11.8 Å². The Hall–Kier alpha value is -0.300. The number of hydrogen-bond acceptors (Lipinski definition) is 5. The Balaban J connectivity index is 1.36. The first kappa shape index (κ1) is 16.6. The molecule has 0 unspecified atom stereocenters. The standard InChI is InChI=1S/C16H28N2O3S/c1-17(2)15(19)9-21-14-7-16(22-10-14)11-18(12-16)8-13-3-5-20-6-4-13/h13-14H,3-12H2,1-2H3/t14-/m0/s1. The predicted octanol–water partition coefficient (Wildman–Crippen LogP) is 1.08. The fourth-order valence-electron chi connectivity index (χ4n) is 3.64. The van der Waals surface area contributed by atoms with Crippen LogP contribution in [0.25, 0.3) is 0 Å². The van der Waals surface area contributed by atoms with E-state index in [0.29, 0.717) is 4.75 Å². The molecule has 3 heterocycles. The highest BCUT2D eigenvalue weighted by molar-refractivity contribution is 8.01. The summed E-state index contributed by atoms with van der Waals surface area (Å²) in [5.74, 6) is 1.91. The van der Waals surface area contributed by atoms with Gasteiger partial charge in [-0.05, 0) is 25.2 Å². The van der Waals surface area contributed by atoms with Crippen LogP contribution in [0.15, 0.2) is 0 Å². The summed E-state index contributed by atoms with van der Waals surface area (Å²) in [5.41, 5.74) is 0. The molecule has 6 heteroatoms. The fraction of sp³-hybridized carbons (Fsp3) is 0.938. The molecule has 1 spiro atoms. The van der Waals surface area contributed by atoms with Gasteiger partial charge < -0.3 is 19.3 Å². The minimum absolute atomic E-state index is 0.0562. The van der Waals surface area contributed by atoms with Gasteiger partial charge in [-0.25, -0.2) is 0 Å². The number of hydrogen-bond donors (Lipinski definition) is 0. The van der Waals surface area contributed by atoms with Crippen LogP contribution in [0.2, 0.25) is 0 Å². The third-order valence-corrected chi connectivity index (χ3v) is 6.57. The Bertz CT molecular complexity index is 393. The number of rotatable bonds is 5. The molecule has 3 rings (SSSR count). The van der Waals surface area contributed by atoms with Gasteiger partial charge in [-0.1, -0.05) is 0 Å². The molecule has 0 aliphatic carbocycles. The van der Waals surface area contributed by atoms with Crippen LogP contribution in [-0.2, 0) is 14.3 Å². The molecule has 1 amide bonds. The molecule has 0 radical (unpaired) electrons.